The van der Waals surface area contributed by atoms with Gasteiger partial charge in [-0.05, 0) is 25.1 Å². The van der Waals surface area contributed by atoms with Crippen molar-refractivity contribution >= 4 is 16.7 Å². The standard InChI is InChI=1S/C13H13N5/c1-2-18-11-5-7-15-8-10(11)17-13(18)12-9(14)4-3-6-16-12/h3-8H,2,14H2,1H3. The van der Waals surface area contributed by atoms with Gasteiger partial charge in [-0.25, -0.2) is 4.98 Å². The van der Waals surface area contributed by atoms with Crippen LogP contribution in [0.15, 0.2) is 36.8 Å². The Hall–Kier alpha value is -2.43. The SMILES string of the molecule is CCn1c(-c2ncccc2N)nc2cnccc21. The van der Waals surface area contributed by atoms with E-state index in [9.17, 15) is 0 Å². The predicted molar refractivity (Wildman–Crippen MR) is 70.8 cm³/mol. The van der Waals surface area contributed by atoms with Crippen molar-refractivity contribution in [2.24, 2.45) is 0 Å². The molecule has 5 nitrogen and oxygen atoms in total. The van der Waals surface area contributed by atoms with Crippen LogP contribution in [0.3, 0.4) is 0 Å². The van der Waals surface area contributed by atoms with Gasteiger partial charge in [0.15, 0.2) is 5.82 Å². The molecule has 0 aliphatic rings. The molecule has 3 heterocycles. The molecule has 3 aromatic heterocycles. The summed E-state index contributed by atoms with van der Waals surface area (Å²) in [4.78, 5) is 13.0. The van der Waals surface area contributed by atoms with Gasteiger partial charge in [0.2, 0.25) is 0 Å². The number of hydrogen-bond acceptors (Lipinski definition) is 4. The number of fused-ring (bicyclic) bond motifs is 1. The van der Waals surface area contributed by atoms with Crippen molar-refractivity contribution in [3.8, 4) is 11.5 Å². The zero-order chi connectivity index (χ0) is 12.5. The van der Waals surface area contributed by atoms with Gasteiger partial charge in [-0.2, -0.15) is 0 Å². The molecule has 5 heteroatoms. The highest BCUT2D eigenvalue weighted by molar-refractivity contribution is 5.81. The van der Waals surface area contributed by atoms with Crippen LogP contribution < -0.4 is 5.73 Å². The summed E-state index contributed by atoms with van der Waals surface area (Å²) in [5, 5.41) is 0. The Labute approximate surface area is 104 Å². The van der Waals surface area contributed by atoms with Gasteiger partial charge in [-0.3, -0.25) is 9.97 Å². The summed E-state index contributed by atoms with van der Waals surface area (Å²) in [7, 11) is 0. The second kappa shape index (κ2) is 4.10. The van der Waals surface area contributed by atoms with Gasteiger partial charge in [-0.15, -0.1) is 0 Å². The number of aryl methyl sites for hydroxylation is 1. The van der Waals surface area contributed by atoms with Gasteiger partial charge in [0.1, 0.15) is 11.2 Å². The van der Waals surface area contributed by atoms with Crippen LogP contribution in [0.1, 0.15) is 6.92 Å². The molecular formula is C13H13N5. The molecule has 0 saturated heterocycles. The van der Waals surface area contributed by atoms with Crippen molar-refractivity contribution in [3.63, 3.8) is 0 Å². The second-order valence-corrected chi connectivity index (χ2v) is 3.99. The van der Waals surface area contributed by atoms with Crippen molar-refractivity contribution in [1.29, 1.82) is 0 Å². The van der Waals surface area contributed by atoms with E-state index in [-0.39, 0.29) is 0 Å². The summed E-state index contributed by atoms with van der Waals surface area (Å²) in [5.41, 5.74) is 9.23. The fraction of sp³-hybridized carbons (Fsp3) is 0.154. The Morgan fingerprint density at radius 1 is 1.28 bits per heavy atom. The van der Waals surface area contributed by atoms with Crippen molar-refractivity contribution < 1.29 is 0 Å². The first kappa shape index (κ1) is 10.7. The highest BCUT2D eigenvalue weighted by atomic mass is 15.1. The summed E-state index contributed by atoms with van der Waals surface area (Å²) in [6.45, 7) is 2.88. The minimum Gasteiger partial charge on any atom is -0.397 e. The van der Waals surface area contributed by atoms with Crippen LogP contribution in [-0.2, 0) is 6.54 Å². The largest absolute Gasteiger partial charge is 0.397 e. The number of hydrogen-bond donors (Lipinski definition) is 1. The van der Waals surface area contributed by atoms with Gasteiger partial charge in [-0.1, -0.05) is 0 Å². The molecule has 0 aliphatic heterocycles. The minimum absolute atomic E-state index is 0.635. The molecule has 0 radical (unpaired) electrons. The second-order valence-electron chi connectivity index (χ2n) is 3.99. The zero-order valence-corrected chi connectivity index (χ0v) is 10.0. The molecule has 0 aromatic carbocycles. The number of nitrogen functional groups attached to an aromatic ring is 1. The molecule has 0 amide bonds. The molecule has 0 spiro atoms. The normalized spacial score (nSPS) is 10.9. The van der Waals surface area contributed by atoms with Gasteiger partial charge in [0, 0.05) is 18.9 Å². The lowest BCUT2D eigenvalue weighted by molar-refractivity contribution is 0.793. The van der Waals surface area contributed by atoms with E-state index in [4.69, 9.17) is 5.73 Å². The topological polar surface area (TPSA) is 69.6 Å². The third-order valence-electron chi connectivity index (χ3n) is 2.92. The van der Waals surface area contributed by atoms with E-state index in [1.165, 1.54) is 0 Å². The summed E-state index contributed by atoms with van der Waals surface area (Å²) in [5.74, 6) is 0.790. The number of aromatic nitrogens is 4. The van der Waals surface area contributed by atoms with Gasteiger partial charge in [0.25, 0.3) is 0 Å². The van der Waals surface area contributed by atoms with E-state index >= 15 is 0 Å². The highest BCUT2D eigenvalue weighted by Gasteiger charge is 2.14. The minimum atomic E-state index is 0.635. The van der Waals surface area contributed by atoms with Crippen LogP contribution in [-0.4, -0.2) is 19.5 Å². The van der Waals surface area contributed by atoms with Crippen LogP contribution in [0, 0.1) is 0 Å². The van der Waals surface area contributed by atoms with Crippen LogP contribution in [0.25, 0.3) is 22.6 Å². The lowest BCUT2D eigenvalue weighted by atomic mass is 10.3. The summed E-state index contributed by atoms with van der Waals surface area (Å²) >= 11 is 0. The maximum Gasteiger partial charge on any atom is 0.162 e. The predicted octanol–water partition coefficient (Wildman–Crippen LogP) is 2.10. The van der Waals surface area contributed by atoms with Gasteiger partial charge in [0.05, 0.1) is 17.4 Å². The Kier molecular flexibility index (Phi) is 2.44. The van der Waals surface area contributed by atoms with Crippen LogP contribution >= 0.6 is 0 Å². The molecule has 0 atom stereocenters. The summed E-state index contributed by atoms with van der Waals surface area (Å²) < 4.78 is 2.09. The molecule has 0 unspecified atom stereocenters. The van der Waals surface area contributed by atoms with Gasteiger partial charge >= 0.3 is 0 Å². The fourth-order valence-corrected chi connectivity index (χ4v) is 2.09. The number of nitrogens with zero attached hydrogens (tertiary/aromatic N) is 4. The Bertz CT molecular complexity index is 701. The van der Waals surface area contributed by atoms with E-state index in [1.54, 1.807) is 18.6 Å². The Balaban J connectivity index is 2.32. The smallest absolute Gasteiger partial charge is 0.162 e. The third-order valence-corrected chi connectivity index (χ3v) is 2.92. The van der Waals surface area contributed by atoms with Crippen molar-refractivity contribution in [2.75, 3.05) is 5.73 Å². The summed E-state index contributed by atoms with van der Waals surface area (Å²) in [6, 6.07) is 5.60. The number of rotatable bonds is 2. The number of nitrogens with two attached hydrogens (primary N) is 1. The first-order chi connectivity index (χ1) is 8.81. The zero-order valence-electron chi connectivity index (χ0n) is 10.0. The van der Waals surface area contributed by atoms with E-state index < -0.39 is 0 Å². The summed E-state index contributed by atoms with van der Waals surface area (Å²) in [6.07, 6.45) is 5.25. The molecule has 3 aromatic rings. The van der Waals surface area contributed by atoms with Crippen molar-refractivity contribution in [2.45, 2.75) is 13.5 Å². The molecule has 18 heavy (non-hydrogen) atoms. The van der Waals surface area contributed by atoms with Crippen LogP contribution in [0.4, 0.5) is 5.69 Å². The van der Waals surface area contributed by atoms with Gasteiger partial charge < -0.3 is 10.3 Å². The highest BCUT2D eigenvalue weighted by Crippen LogP contribution is 2.26. The average Bonchev–Trinajstić information content (AvgIpc) is 2.77. The van der Waals surface area contributed by atoms with Crippen molar-refractivity contribution in [3.05, 3.63) is 36.8 Å². The Morgan fingerprint density at radius 2 is 2.17 bits per heavy atom. The third kappa shape index (κ3) is 1.52. The number of imidazole rings is 1. The molecule has 0 fully saturated rings. The molecule has 0 aliphatic carbocycles. The first-order valence-corrected chi connectivity index (χ1v) is 5.82. The number of anilines is 1. The molecule has 3 rings (SSSR count). The lowest BCUT2D eigenvalue weighted by Gasteiger charge is -2.06. The van der Waals surface area contributed by atoms with Crippen LogP contribution in [0.2, 0.25) is 0 Å². The monoisotopic (exact) mass is 239 g/mol. The maximum atomic E-state index is 5.97. The molecule has 0 bridgehead atoms. The fourth-order valence-electron chi connectivity index (χ4n) is 2.09. The lowest BCUT2D eigenvalue weighted by Crippen LogP contribution is -2.01. The number of pyridine rings is 2. The van der Waals surface area contributed by atoms with E-state index in [2.05, 4.69) is 26.4 Å². The molecule has 0 saturated carbocycles. The molecular weight excluding hydrogens is 226 g/mol. The van der Waals surface area contributed by atoms with Crippen LogP contribution in [0.5, 0.6) is 0 Å². The van der Waals surface area contributed by atoms with Crippen molar-refractivity contribution in [1.82, 2.24) is 19.5 Å². The average molecular weight is 239 g/mol. The first-order valence-electron chi connectivity index (χ1n) is 5.82. The van der Waals surface area contributed by atoms with E-state index in [0.717, 1.165) is 29.1 Å². The Morgan fingerprint density at radius 3 is 2.94 bits per heavy atom. The maximum absolute atomic E-state index is 5.97. The van der Waals surface area contributed by atoms with E-state index in [0.29, 0.717) is 5.69 Å². The molecule has 90 valence electrons. The molecule has 2 N–H and O–H groups in total. The van der Waals surface area contributed by atoms with E-state index in [1.807, 2.05) is 18.2 Å². The quantitative estimate of drug-likeness (QED) is 0.743.